The molecule has 1 rings (SSSR count). The van der Waals surface area contributed by atoms with Crippen LogP contribution >= 0.6 is 11.6 Å². The van der Waals surface area contributed by atoms with Crippen molar-refractivity contribution in [1.29, 1.82) is 0 Å². The second-order valence-corrected chi connectivity index (χ2v) is 3.46. The molecular weight excluding hydrogens is 198 g/mol. The molecule has 0 amide bonds. The van der Waals surface area contributed by atoms with Gasteiger partial charge in [0.2, 0.25) is 0 Å². The molecule has 2 nitrogen and oxygen atoms in total. The molecule has 1 aromatic rings. The third-order valence-corrected chi connectivity index (χ3v) is 2.01. The van der Waals surface area contributed by atoms with Gasteiger partial charge in [0.05, 0.1) is 12.3 Å². The van der Waals surface area contributed by atoms with E-state index in [0.717, 1.165) is 36.0 Å². The van der Waals surface area contributed by atoms with E-state index in [2.05, 4.69) is 12.2 Å². The number of benzene rings is 1. The average molecular weight is 214 g/mol. The van der Waals surface area contributed by atoms with E-state index in [4.69, 9.17) is 16.3 Å². The molecule has 0 heterocycles. The number of halogens is 1. The second kappa shape index (κ2) is 5.76. The van der Waals surface area contributed by atoms with Gasteiger partial charge in [0.25, 0.3) is 0 Å². The van der Waals surface area contributed by atoms with Crippen molar-refractivity contribution in [1.82, 2.24) is 0 Å². The Kier molecular flexibility index (Phi) is 4.60. The van der Waals surface area contributed by atoms with Gasteiger partial charge >= 0.3 is 0 Å². The summed E-state index contributed by atoms with van der Waals surface area (Å²) in [4.78, 5) is 0. The summed E-state index contributed by atoms with van der Waals surface area (Å²) in [6, 6.07) is 5.62. The maximum atomic E-state index is 5.89. The van der Waals surface area contributed by atoms with E-state index in [1.165, 1.54) is 0 Å². The van der Waals surface area contributed by atoms with Crippen molar-refractivity contribution in [3.63, 3.8) is 0 Å². The predicted octanol–water partition coefficient (Wildman–Crippen LogP) is 3.56. The first-order valence-corrected chi connectivity index (χ1v) is 5.32. The minimum absolute atomic E-state index is 0.727. The van der Waals surface area contributed by atoms with E-state index in [9.17, 15) is 0 Å². The zero-order valence-corrected chi connectivity index (χ0v) is 9.40. The van der Waals surface area contributed by atoms with Crippen LogP contribution in [-0.4, -0.2) is 13.2 Å². The van der Waals surface area contributed by atoms with Gasteiger partial charge in [0.15, 0.2) is 0 Å². The molecule has 14 heavy (non-hydrogen) atoms. The molecule has 1 N–H and O–H groups in total. The zero-order chi connectivity index (χ0) is 10.4. The second-order valence-electron chi connectivity index (χ2n) is 3.02. The third-order valence-electron chi connectivity index (χ3n) is 1.77. The Morgan fingerprint density at radius 1 is 1.36 bits per heavy atom. The highest BCUT2D eigenvalue weighted by Crippen LogP contribution is 2.27. The van der Waals surface area contributed by atoms with Crippen LogP contribution in [0.15, 0.2) is 18.2 Å². The van der Waals surface area contributed by atoms with Crippen molar-refractivity contribution < 1.29 is 4.74 Å². The van der Waals surface area contributed by atoms with Crippen LogP contribution in [0, 0.1) is 0 Å². The van der Waals surface area contributed by atoms with E-state index >= 15 is 0 Å². The largest absolute Gasteiger partial charge is 0.491 e. The van der Waals surface area contributed by atoms with Gasteiger partial charge in [-0.2, -0.15) is 0 Å². The van der Waals surface area contributed by atoms with Gasteiger partial charge in [-0.15, -0.1) is 0 Å². The van der Waals surface area contributed by atoms with Crippen molar-refractivity contribution >= 4 is 17.3 Å². The number of ether oxygens (including phenoxy) is 1. The molecule has 0 aliphatic rings. The summed E-state index contributed by atoms with van der Waals surface area (Å²) in [6.45, 7) is 5.73. The van der Waals surface area contributed by atoms with Crippen LogP contribution in [-0.2, 0) is 0 Å². The summed E-state index contributed by atoms with van der Waals surface area (Å²) >= 11 is 5.89. The van der Waals surface area contributed by atoms with Crippen LogP contribution in [0.5, 0.6) is 5.75 Å². The molecule has 0 aromatic heterocycles. The van der Waals surface area contributed by atoms with Crippen LogP contribution in [0.4, 0.5) is 5.69 Å². The smallest absolute Gasteiger partial charge is 0.142 e. The summed E-state index contributed by atoms with van der Waals surface area (Å²) in [5.74, 6) is 0.873. The van der Waals surface area contributed by atoms with Crippen molar-refractivity contribution in [3.05, 3.63) is 23.2 Å². The Hall–Kier alpha value is -0.890. The SMILES string of the molecule is CCCOc1ccc(Cl)cc1NCC. The van der Waals surface area contributed by atoms with Gasteiger partial charge in [-0.3, -0.25) is 0 Å². The summed E-state index contributed by atoms with van der Waals surface area (Å²) in [6.07, 6.45) is 1.01. The first kappa shape index (κ1) is 11.2. The van der Waals surface area contributed by atoms with Crippen LogP contribution in [0.3, 0.4) is 0 Å². The fraction of sp³-hybridized carbons (Fsp3) is 0.455. The van der Waals surface area contributed by atoms with Crippen molar-refractivity contribution in [2.45, 2.75) is 20.3 Å². The Bertz CT molecular complexity index is 289. The summed E-state index contributed by atoms with van der Waals surface area (Å²) in [5, 5.41) is 3.94. The number of hydrogen-bond acceptors (Lipinski definition) is 2. The lowest BCUT2D eigenvalue weighted by Gasteiger charge is -2.11. The fourth-order valence-corrected chi connectivity index (χ4v) is 1.34. The molecular formula is C11H16ClNO. The molecule has 0 fully saturated rings. The number of hydrogen-bond donors (Lipinski definition) is 1. The van der Waals surface area contributed by atoms with Gasteiger partial charge in [0, 0.05) is 11.6 Å². The molecule has 0 aliphatic heterocycles. The first-order chi connectivity index (χ1) is 6.77. The Morgan fingerprint density at radius 2 is 2.14 bits per heavy atom. The topological polar surface area (TPSA) is 21.3 Å². The molecule has 1 aromatic carbocycles. The van der Waals surface area contributed by atoms with Crippen molar-refractivity contribution in [2.24, 2.45) is 0 Å². The minimum atomic E-state index is 0.727. The Labute approximate surface area is 90.2 Å². The maximum Gasteiger partial charge on any atom is 0.142 e. The molecule has 3 heteroatoms. The first-order valence-electron chi connectivity index (χ1n) is 4.94. The highest BCUT2D eigenvalue weighted by Gasteiger charge is 2.02. The third kappa shape index (κ3) is 3.11. The van der Waals surface area contributed by atoms with Gasteiger partial charge in [-0.05, 0) is 31.5 Å². The van der Waals surface area contributed by atoms with Gasteiger partial charge in [-0.25, -0.2) is 0 Å². The standard InChI is InChI=1S/C11H16ClNO/c1-3-7-14-11-6-5-9(12)8-10(11)13-4-2/h5-6,8,13H,3-4,7H2,1-2H3. The summed E-state index contributed by atoms with van der Waals surface area (Å²) in [7, 11) is 0. The minimum Gasteiger partial charge on any atom is -0.491 e. The average Bonchev–Trinajstić information content (AvgIpc) is 2.17. The Morgan fingerprint density at radius 3 is 2.79 bits per heavy atom. The lowest BCUT2D eigenvalue weighted by atomic mass is 10.3. The molecule has 0 spiro atoms. The van der Waals surface area contributed by atoms with Crippen molar-refractivity contribution in [2.75, 3.05) is 18.5 Å². The van der Waals surface area contributed by atoms with Crippen LogP contribution in [0.1, 0.15) is 20.3 Å². The molecule has 0 atom stereocenters. The van der Waals surface area contributed by atoms with E-state index < -0.39 is 0 Å². The molecule has 0 radical (unpaired) electrons. The van der Waals surface area contributed by atoms with Gasteiger partial charge in [0.1, 0.15) is 5.75 Å². The Balaban J connectivity index is 2.78. The number of anilines is 1. The quantitative estimate of drug-likeness (QED) is 0.808. The van der Waals surface area contributed by atoms with E-state index in [1.807, 2.05) is 25.1 Å². The molecule has 0 unspecified atom stereocenters. The summed E-state index contributed by atoms with van der Waals surface area (Å²) < 4.78 is 5.57. The van der Waals surface area contributed by atoms with Crippen LogP contribution in [0.2, 0.25) is 5.02 Å². The normalized spacial score (nSPS) is 9.93. The molecule has 0 aliphatic carbocycles. The lowest BCUT2D eigenvalue weighted by Crippen LogP contribution is -2.02. The monoisotopic (exact) mass is 213 g/mol. The van der Waals surface area contributed by atoms with E-state index in [1.54, 1.807) is 0 Å². The highest BCUT2D eigenvalue weighted by atomic mass is 35.5. The summed E-state index contributed by atoms with van der Waals surface area (Å²) in [5.41, 5.74) is 0.966. The molecule has 78 valence electrons. The highest BCUT2D eigenvalue weighted by molar-refractivity contribution is 6.30. The van der Waals surface area contributed by atoms with E-state index in [0.29, 0.717) is 0 Å². The fourth-order valence-electron chi connectivity index (χ4n) is 1.17. The zero-order valence-electron chi connectivity index (χ0n) is 8.64. The van der Waals surface area contributed by atoms with Crippen LogP contribution < -0.4 is 10.1 Å². The lowest BCUT2D eigenvalue weighted by molar-refractivity contribution is 0.319. The van der Waals surface area contributed by atoms with Crippen molar-refractivity contribution in [3.8, 4) is 5.75 Å². The predicted molar refractivity (Wildman–Crippen MR) is 61.4 cm³/mol. The van der Waals surface area contributed by atoms with Gasteiger partial charge in [-0.1, -0.05) is 18.5 Å². The molecule has 0 bridgehead atoms. The molecule has 0 saturated carbocycles. The van der Waals surface area contributed by atoms with Gasteiger partial charge < -0.3 is 10.1 Å². The van der Waals surface area contributed by atoms with E-state index in [-0.39, 0.29) is 0 Å². The molecule has 0 saturated heterocycles. The number of rotatable bonds is 5. The maximum absolute atomic E-state index is 5.89. The number of nitrogens with one attached hydrogen (secondary N) is 1. The van der Waals surface area contributed by atoms with Crippen LogP contribution in [0.25, 0.3) is 0 Å².